The topological polar surface area (TPSA) is 38.4 Å². The fourth-order valence-corrected chi connectivity index (χ4v) is 1.28. The van der Waals surface area contributed by atoms with Gasteiger partial charge >= 0.3 is 6.18 Å². The first-order valence-corrected chi connectivity index (χ1v) is 5.53. The minimum Gasteiger partial charge on any atom is -0.395 e. The van der Waals surface area contributed by atoms with Crippen molar-refractivity contribution in [2.75, 3.05) is 6.54 Å². The molecule has 1 aliphatic carbocycles. The lowest BCUT2D eigenvalue weighted by Crippen LogP contribution is -2.21. The predicted octanol–water partition coefficient (Wildman–Crippen LogP) is 2.99. The maximum absolute atomic E-state index is 12.5. The lowest BCUT2D eigenvalue weighted by Gasteiger charge is -2.07. The van der Waals surface area contributed by atoms with E-state index in [9.17, 15) is 17.6 Å². The van der Waals surface area contributed by atoms with Crippen LogP contribution in [0.4, 0.5) is 17.6 Å². The van der Waals surface area contributed by atoms with Gasteiger partial charge in [-0.25, -0.2) is 4.39 Å². The molecule has 1 saturated carbocycles. The Bertz CT molecular complexity index is 314. The molecule has 1 unspecified atom stereocenters. The van der Waals surface area contributed by atoms with Crippen LogP contribution in [0.3, 0.4) is 0 Å². The van der Waals surface area contributed by atoms with E-state index in [1.165, 1.54) is 6.92 Å². The van der Waals surface area contributed by atoms with E-state index in [1.807, 2.05) is 0 Å². The highest BCUT2D eigenvalue weighted by Gasteiger charge is 2.34. The molecule has 6 heteroatoms. The molecule has 17 heavy (non-hydrogen) atoms. The summed E-state index contributed by atoms with van der Waals surface area (Å²) in [5.41, 5.74) is 4.14. The van der Waals surface area contributed by atoms with Gasteiger partial charge in [0.05, 0.1) is 6.17 Å². The van der Waals surface area contributed by atoms with Crippen molar-refractivity contribution in [3.05, 3.63) is 11.8 Å². The van der Waals surface area contributed by atoms with Crippen LogP contribution in [-0.4, -0.2) is 24.6 Å². The molecule has 98 valence electrons. The molecule has 0 bridgehead atoms. The summed E-state index contributed by atoms with van der Waals surface area (Å²) >= 11 is 0. The van der Waals surface area contributed by atoms with Crippen molar-refractivity contribution >= 4 is 5.71 Å². The molecule has 0 aromatic rings. The van der Waals surface area contributed by atoms with Crippen LogP contribution >= 0.6 is 0 Å². The number of rotatable bonds is 5. The Morgan fingerprint density at radius 1 is 1.47 bits per heavy atom. The molecule has 1 aliphatic rings. The van der Waals surface area contributed by atoms with Gasteiger partial charge in [-0.2, -0.15) is 13.2 Å². The zero-order chi connectivity index (χ0) is 13.1. The quantitative estimate of drug-likeness (QED) is 0.593. The average molecular weight is 252 g/mol. The van der Waals surface area contributed by atoms with Crippen LogP contribution in [0.15, 0.2) is 16.8 Å². The van der Waals surface area contributed by atoms with Crippen molar-refractivity contribution < 1.29 is 17.6 Å². The third-order valence-electron chi connectivity index (χ3n) is 2.45. The van der Waals surface area contributed by atoms with Crippen molar-refractivity contribution in [2.45, 2.75) is 38.5 Å². The summed E-state index contributed by atoms with van der Waals surface area (Å²) in [6, 6.07) is 0. The van der Waals surface area contributed by atoms with Crippen LogP contribution in [-0.2, 0) is 0 Å². The molecular weight excluding hydrogens is 236 g/mol. The lowest BCUT2D eigenvalue weighted by molar-refractivity contribution is -0.0925. The van der Waals surface area contributed by atoms with Crippen LogP contribution < -0.4 is 5.73 Å². The van der Waals surface area contributed by atoms with Crippen LogP contribution in [0.2, 0.25) is 0 Å². The number of allylic oxidation sites excluding steroid dienone is 2. The lowest BCUT2D eigenvalue weighted by atomic mass is 10.2. The third-order valence-corrected chi connectivity index (χ3v) is 2.45. The maximum atomic E-state index is 12.5. The van der Waals surface area contributed by atoms with E-state index >= 15 is 0 Å². The summed E-state index contributed by atoms with van der Waals surface area (Å²) in [6.45, 7) is 1.59. The van der Waals surface area contributed by atoms with Gasteiger partial charge in [0.15, 0.2) is 0 Å². The third kappa shape index (κ3) is 5.19. The minimum atomic E-state index is -4.52. The summed E-state index contributed by atoms with van der Waals surface area (Å²) in [4.78, 5) is 4.00. The largest absolute Gasteiger partial charge is 0.430 e. The van der Waals surface area contributed by atoms with Gasteiger partial charge in [-0.05, 0) is 32.3 Å². The van der Waals surface area contributed by atoms with Crippen LogP contribution in [0, 0.1) is 5.92 Å². The molecule has 1 fully saturated rings. The van der Waals surface area contributed by atoms with Crippen LogP contribution in [0.25, 0.3) is 0 Å². The summed E-state index contributed by atoms with van der Waals surface area (Å²) in [5, 5.41) is 0. The molecule has 2 N–H and O–H groups in total. The van der Waals surface area contributed by atoms with Crippen molar-refractivity contribution in [3.8, 4) is 0 Å². The highest BCUT2D eigenvalue weighted by Crippen LogP contribution is 2.32. The van der Waals surface area contributed by atoms with Gasteiger partial charge in [-0.3, -0.25) is 4.99 Å². The van der Waals surface area contributed by atoms with E-state index in [0.717, 1.165) is 18.9 Å². The second-order valence-electron chi connectivity index (χ2n) is 4.25. The molecule has 1 rings (SSSR count). The first kappa shape index (κ1) is 14.0. The maximum Gasteiger partial charge on any atom is 0.430 e. The van der Waals surface area contributed by atoms with E-state index < -0.39 is 18.0 Å². The predicted molar refractivity (Wildman–Crippen MR) is 58.5 cm³/mol. The SMILES string of the molecule is CC(F)CCN=C(C=C(N)C(F)(F)F)C1CC1. The van der Waals surface area contributed by atoms with Crippen molar-refractivity contribution in [3.63, 3.8) is 0 Å². The summed E-state index contributed by atoms with van der Waals surface area (Å²) in [5.74, 6) is 0.0609. The second kappa shape index (κ2) is 5.51. The summed E-state index contributed by atoms with van der Waals surface area (Å²) in [6.07, 6.45) is -2.78. The fraction of sp³-hybridized carbons (Fsp3) is 0.727. The van der Waals surface area contributed by atoms with Gasteiger partial charge in [0.25, 0.3) is 0 Å². The molecule has 0 aliphatic heterocycles. The van der Waals surface area contributed by atoms with Gasteiger partial charge < -0.3 is 5.73 Å². The number of hydrogen-bond donors (Lipinski definition) is 1. The van der Waals surface area contributed by atoms with E-state index in [-0.39, 0.29) is 18.9 Å². The summed E-state index contributed by atoms with van der Waals surface area (Å²) in [7, 11) is 0. The standard InChI is InChI=1S/C11H16F4N2/c1-7(12)4-5-17-9(8-2-3-8)6-10(16)11(13,14)15/h6-8H,2-5,16H2,1H3. The number of nitrogens with two attached hydrogens (primary N) is 1. The Morgan fingerprint density at radius 2 is 2.06 bits per heavy atom. The molecule has 0 aromatic heterocycles. The van der Waals surface area contributed by atoms with Gasteiger partial charge in [0.1, 0.15) is 5.70 Å². The molecule has 2 nitrogen and oxygen atoms in total. The number of hydrogen-bond acceptors (Lipinski definition) is 2. The number of alkyl halides is 4. The molecular formula is C11H16F4N2. The molecule has 0 saturated heterocycles. The number of halogens is 4. The number of nitrogens with zero attached hydrogens (tertiary/aromatic N) is 1. The van der Waals surface area contributed by atoms with Crippen molar-refractivity contribution in [1.82, 2.24) is 0 Å². The molecule has 1 atom stereocenters. The Labute approximate surface area is 97.6 Å². The highest BCUT2D eigenvalue weighted by molar-refractivity contribution is 5.99. The molecule has 0 spiro atoms. The van der Waals surface area contributed by atoms with Crippen molar-refractivity contribution in [1.29, 1.82) is 0 Å². The first-order valence-electron chi connectivity index (χ1n) is 5.53. The normalized spacial score (nSPS) is 20.5. The molecule has 0 amide bonds. The Kier molecular flexibility index (Phi) is 4.54. The van der Waals surface area contributed by atoms with E-state index in [0.29, 0.717) is 5.71 Å². The smallest absolute Gasteiger partial charge is 0.395 e. The van der Waals surface area contributed by atoms with Crippen LogP contribution in [0.5, 0.6) is 0 Å². The highest BCUT2D eigenvalue weighted by atomic mass is 19.4. The summed E-state index contributed by atoms with van der Waals surface area (Å²) < 4.78 is 49.2. The first-order chi connectivity index (χ1) is 7.80. The zero-order valence-electron chi connectivity index (χ0n) is 9.60. The number of aliphatic imine (C=N–C) groups is 1. The minimum absolute atomic E-state index is 0.0609. The monoisotopic (exact) mass is 252 g/mol. The molecule has 0 radical (unpaired) electrons. The fourth-order valence-electron chi connectivity index (χ4n) is 1.28. The zero-order valence-corrected chi connectivity index (χ0v) is 9.60. The van der Waals surface area contributed by atoms with Gasteiger partial charge in [0.2, 0.25) is 0 Å². The van der Waals surface area contributed by atoms with Crippen LogP contribution in [0.1, 0.15) is 26.2 Å². The van der Waals surface area contributed by atoms with Gasteiger partial charge in [0, 0.05) is 18.2 Å². The van der Waals surface area contributed by atoms with E-state index in [4.69, 9.17) is 5.73 Å². The average Bonchev–Trinajstić information content (AvgIpc) is 2.96. The molecule has 0 aromatic carbocycles. The Hall–Kier alpha value is -1.07. The Morgan fingerprint density at radius 3 is 2.47 bits per heavy atom. The van der Waals surface area contributed by atoms with Gasteiger partial charge in [-0.15, -0.1) is 0 Å². The van der Waals surface area contributed by atoms with E-state index in [1.54, 1.807) is 0 Å². The van der Waals surface area contributed by atoms with E-state index in [2.05, 4.69) is 4.99 Å². The van der Waals surface area contributed by atoms with Crippen molar-refractivity contribution in [2.24, 2.45) is 16.6 Å². The Balaban J connectivity index is 2.66. The van der Waals surface area contributed by atoms with Gasteiger partial charge in [-0.1, -0.05) is 0 Å². The second-order valence-corrected chi connectivity index (χ2v) is 4.25. The molecule has 0 heterocycles.